The average Bonchev–Trinajstić information content (AvgIpc) is 2.74. The van der Waals surface area contributed by atoms with E-state index in [1.54, 1.807) is 0 Å². The molecule has 0 N–H and O–H groups in total. The molecule has 0 radical (unpaired) electrons. The van der Waals surface area contributed by atoms with E-state index in [4.69, 9.17) is 4.74 Å². The van der Waals surface area contributed by atoms with Gasteiger partial charge in [0.1, 0.15) is 6.10 Å². The highest BCUT2D eigenvalue weighted by atomic mass is 16.5. The quantitative estimate of drug-likeness (QED) is 0.270. The summed E-state index contributed by atoms with van der Waals surface area (Å²) in [5.74, 6) is 0.0565. The van der Waals surface area contributed by atoms with Gasteiger partial charge in [-0.25, -0.2) is 0 Å². The highest BCUT2D eigenvalue weighted by Gasteiger charge is 2.15. The molecule has 0 spiro atoms. The summed E-state index contributed by atoms with van der Waals surface area (Å²) in [6.07, 6.45) is 9.44. The van der Waals surface area contributed by atoms with E-state index in [9.17, 15) is 4.79 Å². The maximum absolute atomic E-state index is 12.5. The van der Waals surface area contributed by atoms with Crippen LogP contribution in [0.3, 0.4) is 0 Å². The van der Waals surface area contributed by atoms with Gasteiger partial charge in [-0.3, -0.25) is 4.79 Å². The molecule has 2 rings (SSSR count). The van der Waals surface area contributed by atoms with Crippen LogP contribution in [-0.4, -0.2) is 18.5 Å². The maximum Gasteiger partial charge on any atom is 0.191 e. The summed E-state index contributed by atoms with van der Waals surface area (Å²) in [4.78, 5) is 12.5. The molecule has 152 valence electrons. The minimum absolute atomic E-state index is 0.0565. The first-order valence-corrected chi connectivity index (χ1v) is 11.0. The van der Waals surface area contributed by atoms with Crippen LogP contribution in [0.25, 0.3) is 11.1 Å². The Balaban J connectivity index is 1.89. The van der Waals surface area contributed by atoms with Crippen LogP contribution in [0.15, 0.2) is 48.5 Å². The largest absolute Gasteiger partial charge is 0.370 e. The second-order valence-corrected chi connectivity index (χ2v) is 7.67. The second kappa shape index (κ2) is 12.5. The van der Waals surface area contributed by atoms with Crippen molar-refractivity contribution in [3.05, 3.63) is 59.7 Å². The number of carbonyl (C=O) groups excluding carboxylic acids is 1. The van der Waals surface area contributed by atoms with Gasteiger partial charge in [-0.2, -0.15) is 0 Å². The Hall–Kier alpha value is -1.93. The molecule has 2 aromatic carbocycles. The zero-order chi connectivity index (χ0) is 20.2. The maximum atomic E-state index is 12.5. The molecule has 0 aliphatic rings. The minimum atomic E-state index is -0.381. The van der Waals surface area contributed by atoms with Crippen molar-refractivity contribution in [2.24, 2.45) is 0 Å². The van der Waals surface area contributed by atoms with Crippen molar-refractivity contribution in [1.29, 1.82) is 0 Å². The summed E-state index contributed by atoms with van der Waals surface area (Å²) < 4.78 is 5.63. The highest BCUT2D eigenvalue weighted by Crippen LogP contribution is 2.22. The number of rotatable bonds is 13. The zero-order valence-corrected chi connectivity index (χ0v) is 17.9. The summed E-state index contributed by atoms with van der Waals surface area (Å²) in [6.45, 7) is 6.86. The first kappa shape index (κ1) is 22.4. The predicted molar refractivity (Wildman–Crippen MR) is 119 cm³/mol. The summed E-state index contributed by atoms with van der Waals surface area (Å²) in [5, 5.41) is 0. The van der Waals surface area contributed by atoms with Crippen molar-refractivity contribution in [2.75, 3.05) is 6.61 Å². The third-order valence-corrected chi connectivity index (χ3v) is 5.26. The van der Waals surface area contributed by atoms with E-state index < -0.39 is 0 Å². The minimum Gasteiger partial charge on any atom is -0.370 e. The number of ether oxygens (including phenoxy) is 1. The number of Topliss-reactive ketones (excluding diaryl/α,β-unsaturated/α-hetero) is 1. The van der Waals surface area contributed by atoms with Gasteiger partial charge >= 0.3 is 0 Å². The van der Waals surface area contributed by atoms with E-state index >= 15 is 0 Å². The Morgan fingerprint density at radius 1 is 0.786 bits per heavy atom. The van der Waals surface area contributed by atoms with Gasteiger partial charge in [0.2, 0.25) is 0 Å². The zero-order valence-electron chi connectivity index (χ0n) is 17.9. The van der Waals surface area contributed by atoms with Crippen molar-refractivity contribution in [2.45, 2.75) is 78.2 Å². The van der Waals surface area contributed by atoms with Crippen molar-refractivity contribution in [1.82, 2.24) is 0 Å². The van der Waals surface area contributed by atoms with Gasteiger partial charge < -0.3 is 4.74 Å². The van der Waals surface area contributed by atoms with Crippen LogP contribution in [0.2, 0.25) is 0 Å². The third kappa shape index (κ3) is 7.24. The van der Waals surface area contributed by atoms with E-state index in [1.165, 1.54) is 43.2 Å². The van der Waals surface area contributed by atoms with E-state index in [-0.39, 0.29) is 11.9 Å². The van der Waals surface area contributed by atoms with Crippen LogP contribution in [0.4, 0.5) is 0 Å². The number of benzene rings is 2. The Morgan fingerprint density at radius 3 is 1.96 bits per heavy atom. The van der Waals surface area contributed by atoms with Crippen LogP contribution >= 0.6 is 0 Å². The van der Waals surface area contributed by atoms with Gasteiger partial charge in [0, 0.05) is 12.2 Å². The lowest BCUT2D eigenvalue weighted by Crippen LogP contribution is -2.21. The smallest absolute Gasteiger partial charge is 0.191 e. The molecule has 0 bridgehead atoms. The molecule has 0 aliphatic carbocycles. The molecule has 1 atom stereocenters. The fraction of sp³-hybridized carbons (Fsp3) is 0.500. The molecule has 0 amide bonds. The Morgan fingerprint density at radius 2 is 1.36 bits per heavy atom. The lowest BCUT2D eigenvalue weighted by atomic mass is 9.99. The fourth-order valence-electron chi connectivity index (χ4n) is 3.34. The molecule has 28 heavy (non-hydrogen) atoms. The van der Waals surface area contributed by atoms with Gasteiger partial charge in [0.05, 0.1) is 0 Å². The Labute approximate surface area is 171 Å². The topological polar surface area (TPSA) is 26.3 Å². The SMILES string of the molecule is CCCCCCCc1ccc(-c2ccc(C(=O)C(C)OCCCC)cc2)cc1. The number of unbranched alkanes of at least 4 members (excludes halogenated alkanes) is 5. The summed E-state index contributed by atoms with van der Waals surface area (Å²) in [5.41, 5.74) is 4.47. The van der Waals surface area contributed by atoms with Crippen LogP contribution < -0.4 is 0 Å². The molecule has 0 aromatic heterocycles. The van der Waals surface area contributed by atoms with Crippen molar-refractivity contribution in [3.63, 3.8) is 0 Å². The standard InChI is InChI=1S/C26H36O2/c1-4-6-8-9-10-11-22-12-14-23(15-13-22)24-16-18-25(19-17-24)26(27)21(3)28-20-7-5-2/h12-19,21H,4-11,20H2,1-3H3. The van der Waals surface area contributed by atoms with Crippen LogP contribution in [0, 0.1) is 0 Å². The first-order chi connectivity index (χ1) is 13.7. The van der Waals surface area contributed by atoms with E-state index in [2.05, 4.69) is 38.1 Å². The number of aryl methyl sites for hydroxylation is 1. The number of ketones is 1. The molecule has 1 unspecified atom stereocenters. The van der Waals surface area contributed by atoms with Gasteiger partial charge in [-0.05, 0) is 42.9 Å². The number of carbonyl (C=O) groups is 1. The average molecular weight is 381 g/mol. The molecule has 2 heteroatoms. The van der Waals surface area contributed by atoms with Crippen LogP contribution in [-0.2, 0) is 11.2 Å². The van der Waals surface area contributed by atoms with Crippen molar-refractivity contribution < 1.29 is 9.53 Å². The molecule has 0 saturated heterocycles. The molecule has 0 fully saturated rings. The highest BCUT2D eigenvalue weighted by molar-refractivity contribution is 5.99. The summed E-state index contributed by atoms with van der Waals surface area (Å²) in [7, 11) is 0. The van der Waals surface area contributed by atoms with Crippen molar-refractivity contribution >= 4 is 5.78 Å². The molecule has 0 saturated carbocycles. The van der Waals surface area contributed by atoms with E-state index in [1.807, 2.05) is 31.2 Å². The van der Waals surface area contributed by atoms with Crippen LogP contribution in [0.5, 0.6) is 0 Å². The lowest BCUT2D eigenvalue weighted by molar-refractivity contribution is 0.0468. The number of hydrogen-bond acceptors (Lipinski definition) is 2. The van der Waals surface area contributed by atoms with E-state index in [0.29, 0.717) is 6.61 Å². The van der Waals surface area contributed by atoms with Gasteiger partial charge in [0.15, 0.2) is 5.78 Å². The van der Waals surface area contributed by atoms with Crippen LogP contribution in [0.1, 0.15) is 81.6 Å². The lowest BCUT2D eigenvalue weighted by Gasteiger charge is -2.12. The van der Waals surface area contributed by atoms with Gasteiger partial charge in [-0.1, -0.05) is 94.5 Å². The van der Waals surface area contributed by atoms with Gasteiger partial charge in [-0.15, -0.1) is 0 Å². The molecule has 2 nitrogen and oxygen atoms in total. The van der Waals surface area contributed by atoms with E-state index in [0.717, 1.165) is 30.4 Å². The van der Waals surface area contributed by atoms with Crippen molar-refractivity contribution in [3.8, 4) is 11.1 Å². The molecule has 2 aromatic rings. The Kier molecular flexibility index (Phi) is 9.99. The fourth-order valence-corrected chi connectivity index (χ4v) is 3.34. The second-order valence-electron chi connectivity index (χ2n) is 7.67. The molecular weight excluding hydrogens is 344 g/mol. The summed E-state index contributed by atoms with van der Waals surface area (Å²) >= 11 is 0. The molecule has 0 heterocycles. The first-order valence-electron chi connectivity index (χ1n) is 11.0. The van der Waals surface area contributed by atoms with Gasteiger partial charge in [0.25, 0.3) is 0 Å². The Bertz CT molecular complexity index is 685. The monoisotopic (exact) mass is 380 g/mol. The molecule has 0 aliphatic heterocycles. The predicted octanol–water partition coefficient (Wildman–Crippen LogP) is 7.25. The normalized spacial score (nSPS) is 12.1. The number of hydrogen-bond donors (Lipinski definition) is 0. The molecular formula is C26H36O2. The summed E-state index contributed by atoms with van der Waals surface area (Å²) in [6, 6.07) is 16.7. The third-order valence-electron chi connectivity index (χ3n) is 5.26.